The average Bonchev–Trinajstić information content (AvgIpc) is 3.32. The SMILES string of the molecule is CCCCN(CC(NC)c1cc(C)ccc1OC)C1CC1. The molecule has 21 heavy (non-hydrogen) atoms. The Morgan fingerprint density at radius 1 is 1.38 bits per heavy atom. The number of methoxy groups -OCH3 is 1. The fourth-order valence-corrected chi connectivity index (χ4v) is 2.93. The van der Waals surface area contributed by atoms with Gasteiger partial charge in [0.05, 0.1) is 7.11 Å². The summed E-state index contributed by atoms with van der Waals surface area (Å²) < 4.78 is 5.56. The van der Waals surface area contributed by atoms with E-state index in [1.165, 1.54) is 43.4 Å². The summed E-state index contributed by atoms with van der Waals surface area (Å²) in [5.74, 6) is 0.992. The molecule has 0 amide bonds. The molecule has 1 unspecified atom stereocenters. The van der Waals surface area contributed by atoms with Crippen LogP contribution in [0.5, 0.6) is 5.75 Å². The number of nitrogens with zero attached hydrogens (tertiary/aromatic N) is 1. The molecule has 1 saturated carbocycles. The highest BCUT2D eigenvalue weighted by molar-refractivity contribution is 5.39. The van der Waals surface area contributed by atoms with Crippen molar-refractivity contribution in [3.63, 3.8) is 0 Å². The van der Waals surface area contributed by atoms with Crippen molar-refractivity contribution in [3.05, 3.63) is 29.3 Å². The molecule has 1 aliphatic rings. The normalized spacial score (nSPS) is 16.2. The number of hydrogen-bond acceptors (Lipinski definition) is 3. The van der Waals surface area contributed by atoms with Crippen LogP contribution in [0.4, 0.5) is 0 Å². The predicted molar refractivity (Wildman–Crippen MR) is 89.0 cm³/mol. The molecule has 0 spiro atoms. The van der Waals surface area contributed by atoms with Gasteiger partial charge in [-0.15, -0.1) is 0 Å². The van der Waals surface area contributed by atoms with E-state index in [9.17, 15) is 0 Å². The maximum atomic E-state index is 5.56. The Hall–Kier alpha value is -1.06. The van der Waals surface area contributed by atoms with Gasteiger partial charge in [-0.3, -0.25) is 4.90 Å². The summed E-state index contributed by atoms with van der Waals surface area (Å²) in [6.07, 6.45) is 5.29. The highest BCUT2D eigenvalue weighted by atomic mass is 16.5. The van der Waals surface area contributed by atoms with Crippen LogP contribution >= 0.6 is 0 Å². The van der Waals surface area contributed by atoms with Gasteiger partial charge in [-0.2, -0.15) is 0 Å². The highest BCUT2D eigenvalue weighted by Gasteiger charge is 2.30. The van der Waals surface area contributed by atoms with Crippen LogP contribution in [-0.2, 0) is 0 Å². The van der Waals surface area contributed by atoms with E-state index in [4.69, 9.17) is 4.74 Å². The quantitative estimate of drug-likeness (QED) is 0.753. The number of likely N-dealkylation sites (N-methyl/N-ethyl adjacent to an activating group) is 1. The molecular weight excluding hydrogens is 260 g/mol. The molecule has 1 aromatic carbocycles. The molecule has 1 aliphatic carbocycles. The van der Waals surface area contributed by atoms with Crippen LogP contribution in [0.2, 0.25) is 0 Å². The molecule has 2 rings (SSSR count). The van der Waals surface area contributed by atoms with Gasteiger partial charge in [0.25, 0.3) is 0 Å². The van der Waals surface area contributed by atoms with E-state index in [2.05, 4.69) is 49.3 Å². The van der Waals surface area contributed by atoms with Crippen molar-refractivity contribution in [2.24, 2.45) is 0 Å². The van der Waals surface area contributed by atoms with E-state index < -0.39 is 0 Å². The Morgan fingerprint density at radius 2 is 2.14 bits per heavy atom. The Labute approximate surface area is 129 Å². The molecule has 0 aliphatic heterocycles. The first-order chi connectivity index (χ1) is 10.2. The number of aryl methyl sites for hydroxylation is 1. The molecule has 1 N–H and O–H groups in total. The number of rotatable bonds is 9. The fraction of sp³-hybridized carbons (Fsp3) is 0.667. The lowest BCUT2D eigenvalue weighted by atomic mass is 10.0. The van der Waals surface area contributed by atoms with Crippen LogP contribution in [0.25, 0.3) is 0 Å². The smallest absolute Gasteiger partial charge is 0.123 e. The van der Waals surface area contributed by atoms with Gasteiger partial charge in [-0.25, -0.2) is 0 Å². The third-order valence-electron chi connectivity index (χ3n) is 4.39. The molecule has 0 saturated heterocycles. The van der Waals surface area contributed by atoms with Gasteiger partial charge in [0.2, 0.25) is 0 Å². The topological polar surface area (TPSA) is 24.5 Å². The zero-order valence-electron chi connectivity index (χ0n) is 14.0. The maximum Gasteiger partial charge on any atom is 0.123 e. The number of benzene rings is 1. The number of nitrogens with one attached hydrogen (secondary N) is 1. The van der Waals surface area contributed by atoms with Gasteiger partial charge < -0.3 is 10.1 Å². The Bertz CT molecular complexity index is 443. The monoisotopic (exact) mass is 290 g/mol. The van der Waals surface area contributed by atoms with Crippen LogP contribution in [0.15, 0.2) is 18.2 Å². The molecule has 1 aromatic rings. The van der Waals surface area contributed by atoms with E-state index >= 15 is 0 Å². The van der Waals surface area contributed by atoms with Crippen LogP contribution < -0.4 is 10.1 Å². The molecule has 3 nitrogen and oxygen atoms in total. The fourth-order valence-electron chi connectivity index (χ4n) is 2.93. The molecule has 3 heteroatoms. The second-order valence-electron chi connectivity index (χ2n) is 6.17. The first kappa shape index (κ1) is 16.3. The van der Waals surface area contributed by atoms with E-state index in [0.29, 0.717) is 6.04 Å². The Kier molecular flexibility index (Phi) is 6.07. The van der Waals surface area contributed by atoms with Crippen molar-refractivity contribution in [3.8, 4) is 5.75 Å². The molecule has 0 radical (unpaired) electrons. The summed E-state index contributed by atoms with van der Waals surface area (Å²) in [6.45, 7) is 6.70. The van der Waals surface area contributed by atoms with Crippen LogP contribution in [0.1, 0.15) is 49.8 Å². The average molecular weight is 290 g/mol. The first-order valence-corrected chi connectivity index (χ1v) is 8.25. The standard InChI is InChI=1S/C18H30N2O/c1-5-6-11-20(15-8-9-15)13-17(19-3)16-12-14(2)7-10-18(16)21-4/h7,10,12,15,17,19H,5-6,8-9,11,13H2,1-4H3. The van der Waals surface area contributed by atoms with Gasteiger partial charge in [-0.1, -0.05) is 31.0 Å². The zero-order valence-corrected chi connectivity index (χ0v) is 14.0. The van der Waals surface area contributed by atoms with Crippen LogP contribution in [0, 0.1) is 6.92 Å². The third-order valence-corrected chi connectivity index (χ3v) is 4.39. The minimum absolute atomic E-state index is 0.331. The summed E-state index contributed by atoms with van der Waals surface area (Å²) in [6, 6.07) is 7.60. The number of ether oxygens (including phenoxy) is 1. The molecule has 0 heterocycles. The van der Waals surface area contributed by atoms with E-state index in [1.54, 1.807) is 7.11 Å². The lowest BCUT2D eigenvalue weighted by Crippen LogP contribution is -2.36. The van der Waals surface area contributed by atoms with Crippen molar-refractivity contribution in [1.29, 1.82) is 0 Å². The minimum Gasteiger partial charge on any atom is -0.496 e. The number of hydrogen-bond donors (Lipinski definition) is 1. The second-order valence-corrected chi connectivity index (χ2v) is 6.17. The van der Waals surface area contributed by atoms with Crippen molar-refractivity contribution in [2.75, 3.05) is 27.2 Å². The predicted octanol–water partition coefficient (Wildman–Crippen LogP) is 3.53. The maximum absolute atomic E-state index is 5.56. The van der Waals surface area contributed by atoms with E-state index in [1.807, 2.05) is 0 Å². The summed E-state index contributed by atoms with van der Waals surface area (Å²) in [5, 5.41) is 3.49. The largest absolute Gasteiger partial charge is 0.496 e. The van der Waals surface area contributed by atoms with Gasteiger partial charge >= 0.3 is 0 Å². The molecule has 0 aromatic heterocycles. The number of unbranched alkanes of at least 4 members (excludes halogenated alkanes) is 1. The minimum atomic E-state index is 0.331. The van der Waals surface area contributed by atoms with Crippen LogP contribution in [0.3, 0.4) is 0 Å². The summed E-state index contributed by atoms with van der Waals surface area (Å²) in [5.41, 5.74) is 2.57. The van der Waals surface area contributed by atoms with E-state index in [-0.39, 0.29) is 0 Å². The summed E-state index contributed by atoms with van der Waals surface area (Å²) >= 11 is 0. The van der Waals surface area contributed by atoms with Crippen molar-refractivity contribution < 1.29 is 4.74 Å². The Morgan fingerprint density at radius 3 is 2.71 bits per heavy atom. The molecule has 1 fully saturated rings. The highest BCUT2D eigenvalue weighted by Crippen LogP contribution is 2.32. The van der Waals surface area contributed by atoms with Gasteiger partial charge in [0.1, 0.15) is 5.75 Å². The molecular formula is C18H30N2O. The van der Waals surface area contributed by atoms with Gasteiger partial charge in [-0.05, 0) is 45.8 Å². The molecule has 0 bridgehead atoms. The van der Waals surface area contributed by atoms with Crippen molar-refractivity contribution >= 4 is 0 Å². The summed E-state index contributed by atoms with van der Waals surface area (Å²) in [4.78, 5) is 2.66. The lowest BCUT2D eigenvalue weighted by Gasteiger charge is -2.28. The zero-order chi connectivity index (χ0) is 15.2. The third kappa shape index (κ3) is 4.45. The van der Waals surface area contributed by atoms with Gasteiger partial charge in [0, 0.05) is 24.2 Å². The molecule has 1 atom stereocenters. The van der Waals surface area contributed by atoms with Crippen molar-refractivity contribution in [2.45, 2.75) is 51.6 Å². The van der Waals surface area contributed by atoms with Gasteiger partial charge in [0.15, 0.2) is 0 Å². The molecule has 118 valence electrons. The lowest BCUT2D eigenvalue weighted by molar-refractivity contribution is 0.231. The Balaban J connectivity index is 2.12. The van der Waals surface area contributed by atoms with Crippen LogP contribution in [-0.4, -0.2) is 38.2 Å². The van der Waals surface area contributed by atoms with Crippen molar-refractivity contribution in [1.82, 2.24) is 10.2 Å². The van der Waals surface area contributed by atoms with E-state index in [0.717, 1.165) is 18.3 Å². The first-order valence-electron chi connectivity index (χ1n) is 8.25. The summed E-state index contributed by atoms with van der Waals surface area (Å²) in [7, 11) is 3.81. The second kappa shape index (κ2) is 7.81.